The van der Waals surface area contributed by atoms with Crippen molar-refractivity contribution in [3.63, 3.8) is 0 Å². The minimum atomic E-state index is -0.689. The van der Waals surface area contributed by atoms with Gasteiger partial charge in [-0.2, -0.15) is 0 Å². The molecule has 5 atom stereocenters. The summed E-state index contributed by atoms with van der Waals surface area (Å²) in [6.07, 6.45) is 0.531. The maximum Gasteiger partial charge on any atom is 0.231 e. The van der Waals surface area contributed by atoms with Crippen molar-refractivity contribution >= 4 is 0 Å². The molecule has 1 aliphatic carbocycles. The van der Waals surface area contributed by atoms with E-state index >= 15 is 0 Å². The van der Waals surface area contributed by atoms with E-state index in [1.54, 1.807) is 0 Å². The average Bonchev–Trinajstić information content (AvgIpc) is 3.08. The molecule has 21 heavy (non-hydrogen) atoms. The molecular formula is C16H19NO4. The van der Waals surface area contributed by atoms with Crippen molar-refractivity contribution in [3.8, 4) is 11.5 Å². The first-order chi connectivity index (χ1) is 10.2. The van der Waals surface area contributed by atoms with Crippen LogP contribution in [-0.4, -0.2) is 46.7 Å². The van der Waals surface area contributed by atoms with Gasteiger partial charge in [0.15, 0.2) is 11.5 Å². The highest BCUT2D eigenvalue weighted by Crippen LogP contribution is 2.51. The Morgan fingerprint density at radius 3 is 2.81 bits per heavy atom. The second-order valence-electron chi connectivity index (χ2n) is 6.73. The molecule has 0 radical (unpaired) electrons. The first kappa shape index (κ1) is 12.3. The fourth-order valence-corrected chi connectivity index (χ4v) is 4.84. The molecule has 0 unspecified atom stereocenters. The Kier molecular flexibility index (Phi) is 2.41. The summed E-state index contributed by atoms with van der Waals surface area (Å²) in [5.74, 6) is 2.05. The normalized spacial score (nSPS) is 40.0. The molecule has 1 saturated heterocycles. The van der Waals surface area contributed by atoms with Gasteiger partial charge >= 0.3 is 0 Å². The highest BCUT2D eigenvalue weighted by molar-refractivity contribution is 5.52. The van der Waals surface area contributed by atoms with Crippen molar-refractivity contribution in [1.29, 1.82) is 0 Å². The predicted octanol–water partition coefficient (Wildman–Crippen LogP) is 0.828. The lowest BCUT2D eigenvalue weighted by Gasteiger charge is -2.47. The van der Waals surface area contributed by atoms with Crippen LogP contribution in [0.3, 0.4) is 0 Å². The fraction of sp³-hybridized carbons (Fsp3) is 0.625. The Labute approximate surface area is 123 Å². The Hall–Kier alpha value is -1.30. The molecule has 1 aromatic rings. The van der Waals surface area contributed by atoms with Crippen LogP contribution < -0.4 is 9.47 Å². The van der Waals surface area contributed by atoms with Gasteiger partial charge < -0.3 is 19.7 Å². The van der Waals surface area contributed by atoms with Crippen LogP contribution >= 0.6 is 0 Å². The summed E-state index contributed by atoms with van der Waals surface area (Å²) < 4.78 is 11.0. The number of fused-ring (bicyclic) bond motifs is 3. The van der Waals surface area contributed by atoms with Gasteiger partial charge in [-0.1, -0.05) is 0 Å². The number of ether oxygens (including phenoxy) is 2. The van der Waals surface area contributed by atoms with Gasteiger partial charge in [0.1, 0.15) is 0 Å². The zero-order valence-electron chi connectivity index (χ0n) is 11.7. The van der Waals surface area contributed by atoms with Gasteiger partial charge in [-0.15, -0.1) is 0 Å². The molecule has 3 heterocycles. The maximum atomic E-state index is 10.6. The number of aliphatic hydroxyl groups excluding tert-OH is 2. The van der Waals surface area contributed by atoms with Crippen molar-refractivity contribution in [1.82, 2.24) is 4.90 Å². The zero-order valence-corrected chi connectivity index (χ0v) is 11.7. The Balaban J connectivity index is 1.66. The molecule has 112 valence electrons. The van der Waals surface area contributed by atoms with Crippen molar-refractivity contribution in [2.24, 2.45) is 5.92 Å². The third-order valence-electron chi connectivity index (χ3n) is 5.73. The Bertz CT molecular complexity index is 604. The summed E-state index contributed by atoms with van der Waals surface area (Å²) in [4.78, 5) is 2.47. The largest absolute Gasteiger partial charge is 0.454 e. The number of hydrogen-bond acceptors (Lipinski definition) is 5. The maximum absolute atomic E-state index is 10.6. The van der Waals surface area contributed by atoms with E-state index in [4.69, 9.17) is 9.47 Å². The van der Waals surface area contributed by atoms with Crippen LogP contribution in [0.4, 0.5) is 0 Å². The second-order valence-corrected chi connectivity index (χ2v) is 6.73. The van der Waals surface area contributed by atoms with E-state index in [2.05, 4.69) is 11.0 Å². The highest BCUT2D eigenvalue weighted by atomic mass is 16.7. The molecular weight excluding hydrogens is 270 g/mol. The summed E-state index contributed by atoms with van der Waals surface area (Å²) in [6.45, 7) is 2.23. The topological polar surface area (TPSA) is 62.2 Å². The van der Waals surface area contributed by atoms with Crippen LogP contribution in [0.15, 0.2) is 12.1 Å². The number of rotatable bonds is 0. The molecule has 4 aliphatic rings. The molecule has 0 spiro atoms. The lowest BCUT2D eigenvalue weighted by Crippen LogP contribution is -2.53. The summed E-state index contributed by atoms with van der Waals surface area (Å²) in [5.41, 5.74) is 2.34. The van der Waals surface area contributed by atoms with E-state index in [0.29, 0.717) is 12.0 Å². The first-order valence-corrected chi connectivity index (χ1v) is 7.75. The predicted molar refractivity (Wildman–Crippen MR) is 74.2 cm³/mol. The van der Waals surface area contributed by atoms with Gasteiger partial charge in [-0.3, -0.25) is 4.90 Å². The summed E-state index contributed by atoms with van der Waals surface area (Å²) in [7, 11) is 0. The minimum absolute atomic E-state index is 0.0144. The molecule has 1 aromatic carbocycles. The third kappa shape index (κ3) is 1.57. The number of benzene rings is 1. The highest BCUT2D eigenvalue weighted by Gasteiger charge is 2.52. The van der Waals surface area contributed by atoms with E-state index in [-0.39, 0.29) is 12.7 Å². The SMILES string of the molecule is O[C@H]1[C@H]2c3cc4c(cc3CN3CC[C@@H](C[C@@H]1O)[C@H]23)OCO4. The lowest BCUT2D eigenvalue weighted by molar-refractivity contribution is -0.0657. The molecule has 5 nitrogen and oxygen atoms in total. The van der Waals surface area contributed by atoms with Crippen LogP contribution in [-0.2, 0) is 6.54 Å². The summed E-state index contributed by atoms with van der Waals surface area (Å²) >= 11 is 0. The first-order valence-electron chi connectivity index (χ1n) is 7.75. The van der Waals surface area contributed by atoms with E-state index in [1.165, 1.54) is 5.56 Å². The number of hydrogen-bond donors (Lipinski definition) is 2. The van der Waals surface area contributed by atoms with Crippen molar-refractivity contribution < 1.29 is 19.7 Å². The Morgan fingerprint density at radius 1 is 1.14 bits per heavy atom. The smallest absolute Gasteiger partial charge is 0.231 e. The zero-order chi connectivity index (χ0) is 14.1. The lowest BCUT2D eigenvalue weighted by atomic mass is 9.68. The van der Waals surface area contributed by atoms with Gasteiger partial charge in [0.2, 0.25) is 6.79 Å². The minimum Gasteiger partial charge on any atom is -0.454 e. The van der Waals surface area contributed by atoms with Gasteiger partial charge in [0.25, 0.3) is 0 Å². The molecule has 5 heteroatoms. The third-order valence-corrected chi connectivity index (χ3v) is 5.73. The molecule has 0 amide bonds. The van der Waals surface area contributed by atoms with Crippen molar-refractivity contribution in [3.05, 3.63) is 23.3 Å². The van der Waals surface area contributed by atoms with E-state index in [9.17, 15) is 10.2 Å². The molecule has 2 N–H and O–H groups in total. The quantitative estimate of drug-likeness (QED) is 0.741. The van der Waals surface area contributed by atoms with Gasteiger partial charge in [-0.05, 0) is 48.6 Å². The number of nitrogens with zero attached hydrogens (tertiary/aromatic N) is 1. The van der Waals surface area contributed by atoms with Gasteiger partial charge in [0, 0.05) is 18.5 Å². The Morgan fingerprint density at radius 2 is 1.95 bits per heavy atom. The molecule has 5 rings (SSSR count). The molecule has 0 bridgehead atoms. The van der Waals surface area contributed by atoms with Gasteiger partial charge in [-0.25, -0.2) is 0 Å². The van der Waals surface area contributed by atoms with Crippen molar-refractivity contribution in [2.45, 2.75) is 43.6 Å². The van der Waals surface area contributed by atoms with E-state index < -0.39 is 12.2 Å². The van der Waals surface area contributed by atoms with Gasteiger partial charge in [0.05, 0.1) is 12.2 Å². The van der Waals surface area contributed by atoms with Crippen LogP contribution in [0.2, 0.25) is 0 Å². The standard InChI is InChI=1S/C16H19NO4/c18-11-3-8-1-2-17-6-9-4-12-13(21-7-20-12)5-10(9)14(15(8)17)16(11)19/h4-5,8,11,14-16,18-19H,1-3,6-7H2/t8-,11-,14-,15+,16+/m0/s1. The summed E-state index contributed by atoms with van der Waals surface area (Å²) in [5, 5.41) is 20.8. The van der Waals surface area contributed by atoms with Crippen LogP contribution in [0.25, 0.3) is 0 Å². The fourth-order valence-electron chi connectivity index (χ4n) is 4.84. The summed E-state index contributed by atoms with van der Waals surface area (Å²) in [6, 6.07) is 4.43. The van der Waals surface area contributed by atoms with Crippen LogP contribution in [0.1, 0.15) is 29.9 Å². The van der Waals surface area contributed by atoms with Crippen LogP contribution in [0, 0.1) is 5.92 Å². The molecule has 0 aromatic heterocycles. The molecule has 3 aliphatic heterocycles. The number of aliphatic hydroxyl groups is 2. The van der Waals surface area contributed by atoms with E-state index in [0.717, 1.165) is 43.0 Å². The monoisotopic (exact) mass is 289 g/mol. The van der Waals surface area contributed by atoms with Crippen molar-refractivity contribution in [2.75, 3.05) is 13.3 Å². The van der Waals surface area contributed by atoms with Crippen LogP contribution in [0.5, 0.6) is 11.5 Å². The molecule has 1 saturated carbocycles. The average molecular weight is 289 g/mol. The second kappa shape index (κ2) is 4.12. The van der Waals surface area contributed by atoms with E-state index in [1.807, 2.05) is 6.07 Å². The molecule has 2 fully saturated rings.